The molecule has 140 valence electrons. The smallest absolute Gasteiger partial charge is 0.368 e. The highest BCUT2D eigenvalue weighted by molar-refractivity contribution is 5.86. The summed E-state index contributed by atoms with van der Waals surface area (Å²) in [4.78, 5) is 13.4. The molecule has 0 aromatic carbocycles. The number of hydrogen-bond acceptors (Lipinski definition) is 4. The van der Waals surface area contributed by atoms with E-state index in [1.807, 2.05) is 0 Å². The maximum absolute atomic E-state index is 12.2. The first-order valence-electron chi connectivity index (χ1n) is 7.08. The van der Waals surface area contributed by atoms with Crippen molar-refractivity contribution in [2.75, 3.05) is 46.9 Å². The van der Waals surface area contributed by atoms with Gasteiger partial charge < -0.3 is 15.4 Å². The van der Waals surface area contributed by atoms with Gasteiger partial charge in [0.2, 0.25) is 0 Å². The lowest BCUT2D eigenvalue weighted by Gasteiger charge is -2.34. The van der Waals surface area contributed by atoms with E-state index in [0.29, 0.717) is 25.8 Å². The van der Waals surface area contributed by atoms with Crippen molar-refractivity contribution in [1.82, 2.24) is 15.5 Å². The molecular formula is C13H26Cl2F3N3O2. The fraction of sp³-hybridized carbons (Fsp3) is 0.923. The molecular weight excluding hydrogens is 358 g/mol. The number of rotatable bonds is 7. The van der Waals surface area contributed by atoms with Gasteiger partial charge in [-0.15, -0.1) is 24.8 Å². The second kappa shape index (κ2) is 11.3. The third-order valence-electron chi connectivity index (χ3n) is 3.67. The molecule has 1 amide bonds. The Morgan fingerprint density at radius 2 is 1.87 bits per heavy atom. The summed E-state index contributed by atoms with van der Waals surface area (Å²) in [7, 11) is 2.93. The SMILES string of the molecule is COC1(C(=O)NCCCN(C)CC(F)(F)F)CCNCC1.Cl.Cl. The van der Waals surface area contributed by atoms with Crippen LogP contribution in [0.15, 0.2) is 0 Å². The minimum absolute atomic E-state index is 0. The van der Waals surface area contributed by atoms with Gasteiger partial charge >= 0.3 is 6.18 Å². The van der Waals surface area contributed by atoms with Crippen molar-refractivity contribution in [3.05, 3.63) is 0 Å². The number of nitrogens with zero attached hydrogens (tertiary/aromatic N) is 1. The average Bonchev–Trinajstić information content (AvgIpc) is 2.42. The summed E-state index contributed by atoms with van der Waals surface area (Å²) in [6.45, 7) is 1.13. The summed E-state index contributed by atoms with van der Waals surface area (Å²) in [6.07, 6.45) is -2.52. The van der Waals surface area contributed by atoms with Crippen molar-refractivity contribution in [1.29, 1.82) is 0 Å². The van der Waals surface area contributed by atoms with Crippen LogP contribution >= 0.6 is 24.8 Å². The van der Waals surface area contributed by atoms with E-state index >= 15 is 0 Å². The molecule has 1 fully saturated rings. The second-order valence-electron chi connectivity index (χ2n) is 5.41. The maximum atomic E-state index is 12.2. The normalized spacial score (nSPS) is 17.1. The Morgan fingerprint density at radius 3 is 2.35 bits per heavy atom. The van der Waals surface area contributed by atoms with Crippen LogP contribution in [0.5, 0.6) is 0 Å². The number of piperidine rings is 1. The minimum Gasteiger partial charge on any atom is -0.368 e. The van der Waals surface area contributed by atoms with Crippen LogP contribution in [0.25, 0.3) is 0 Å². The van der Waals surface area contributed by atoms with E-state index in [9.17, 15) is 18.0 Å². The highest BCUT2D eigenvalue weighted by Gasteiger charge is 2.39. The molecule has 0 unspecified atom stereocenters. The van der Waals surface area contributed by atoms with Gasteiger partial charge in [-0.25, -0.2) is 0 Å². The Kier molecular flexibility index (Phi) is 12.3. The van der Waals surface area contributed by atoms with Crippen LogP contribution in [0.1, 0.15) is 19.3 Å². The van der Waals surface area contributed by atoms with Gasteiger partial charge in [0, 0.05) is 13.7 Å². The third-order valence-corrected chi connectivity index (χ3v) is 3.67. The molecule has 0 radical (unpaired) electrons. The number of carbonyl (C=O) groups excluding carboxylic acids is 1. The van der Waals surface area contributed by atoms with Gasteiger partial charge in [-0.3, -0.25) is 9.69 Å². The Hall–Kier alpha value is -0.280. The van der Waals surface area contributed by atoms with Gasteiger partial charge in [-0.2, -0.15) is 13.2 Å². The van der Waals surface area contributed by atoms with Crippen molar-refractivity contribution in [2.45, 2.75) is 31.0 Å². The van der Waals surface area contributed by atoms with E-state index in [1.54, 1.807) is 0 Å². The molecule has 0 bridgehead atoms. The van der Waals surface area contributed by atoms with E-state index < -0.39 is 18.3 Å². The Balaban J connectivity index is 0. The lowest BCUT2D eigenvalue weighted by Crippen LogP contribution is -2.54. The number of nitrogens with one attached hydrogen (secondary N) is 2. The first-order valence-corrected chi connectivity index (χ1v) is 7.08. The van der Waals surface area contributed by atoms with Gasteiger partial charge in [0.05, 0.1) is 6.54 Å². The number of alkyl halides is 3. The van der Waals surface area contributed by atoms with E-state index in [4.69, 9.17) is 4.74 Å². The average molecular weight is 384 g/mol. The molecule has 0 spiro atoms. The standard InChI is InChI=1S/C13H24F3N3O2.2ClH/c1-19(10-13(14,15)16)9-3-6-18-11(20)12(21-2)4-7-17-8-5-12;;/h17H,3-10H2,1-2H3,(H,18,20);2*1H. The van der Waals surface area contributed by atoms with Crippen LogP contribution in [0.3, 0.4) is 0 Å². The summed E-state index contributed by atoms with van der Waals surface area (Å²) in [5.74, 6) is -0.176. The van der Waals surface area contributed by atoms with Crippen LogP contribution in [0, 0.1) is 0 Å². The summed E-state index contributed by atoms with van der Waals surface area (Å²) in [5.41, 5.74) is -0.802. The molecule has 1 aliphatic heterocycles. The molecule has 1 heterocycles. The molecule has 10 heteroatoms. The van der Waals surface area contributed by atoms with Crippen LogP contribution in [0.4, 0.5) is 13.2 Å². The number of methoxy groups -OCH3 is 1. The van der Waals surface area contributed by atoms with Gasteiger partial charge in [0.1, 0.15) is 5.60 Å². The zero-order valence-electron chi connectivity index (χ0n) is 13.4. The van der Waals surface area contributed by atoms with Crippen molar-refractivity contribution in [3.8, 4) is 0 Å². The Morgan fingerprint density at radius 1 is 1.30 bits per heavy atom. The molecule has 5 nitrogen and oxygen atoms in total. The van der Waals surface area contributed by atoms with Crippen LogP contribution in [-0.2, 0) is 9.53 Å². The summed E-state index contributed by atoms with van der Waals surface area (Å²) >= 11 is 0. The van der Waals surface area contributed by atoms with Gasteiger partial charge in [-0.1, -0.05) is 0 Å². The van der Waals surface area contributed by atoms with E-state index in [-0.39, 0.29) is 37.3 Å². The molecule has 0 saturated carbocycles. The summed E-state index contributed by atoms with van der Waals surface area (Å²) in [6, 6.07) is 0. The first-order chi connectivity index (χ1) is 9.79. The molecule has 0 aliphatic carbocycles. The number of halogens is 5. The van der Waals surface area contributed by atoms with Crippen LogP contribution < -0.4 is 10.6 Å². The Bertz CT molecular complexity index is 341. The van der Waals surface area contributed by atoms with Crippen molar-refractivity contribution >= 4 is 30.7 Å². The largest absolute Gasteiger partial charge is 0.401 e. The van der Waals surface area contributed by atoms with Crippen LogP contribution in [-0.4, -0.2) is 69.5 Å². The predicted octanol–water partition coefficient (Wildman–Crippen LogP) is 1.60. The maximum Gasteiger partial charge on any atom is 0.401 e. The minimum atomic E-state index is -4.19. The number of amides is 1. The highest BCUT2D eigenvalue weighted by Crippen LogP contribution is 2.22. The number of carbonyl (C=O) groups is 1. The quantitative estimate of drug-likeness (QED) is 0.655. The van der Waals surface area contributed by atoms with Gasteiger partial charge in [-0.05, 0) is 45.9 Å². The van der Waals surface area contributed by atoms with E-state index in [1.165, 1.54) is 19.1 Å². The molecule has 0 aromatic rings. The molecule has 1 aliphatic rings. The molecule has 0 aromatic heterocycles. The lowest BCUT2D eigenvalue weighted by molar-refractivity contribution is -0.147. The Labute approximate surface area is 147 Å². The second-order valence-corrected chi connectivity index (χ2v) is 5.41. The topological polar surface area (TPSA) is 53.6 Å². The first kappa shape index (κ1) is 25.0. The predicted molar refractivity (Wildman–Crippen MR) is 87.5 cm³/mol. The summed E-state index contributed by atoms with van der Waals surface area (Å²) in [5, 5.41) is 5.92. The number of hydrogen-bond donors (Lipinski definition) is 2. The molecule has 0 atom stereocenters. The molecule has 1 rings (SSSR count). The van der Waals surface area contributed by atoms with Gasteiger partial charge in [0.15, 0.2) is 0 Å². The zero-order valence-corrected chi connectivity index (χ0v) is 15.0. The lowest BCUT2D eigenvalue weighted by atomic mass is 9.91. The van der Waals surface area contributed by atoms with Gasteiger partial charge in [0.25, 0.3) is 5.91 Å². The fourth-order valence-corrected chi connectivity index (χ4v) is 2.45. The van der Waals surface area contributed by atoms with Crippen LogP contribution in [0.2, 0.25) is 0 Å². The fourth-order valence-electron chi connectivity index (χ4n) is 2.45. The van der Waals surface area contributed by atoms with Crippen molar-refractivity contribution in [2.24, 2.45) is 0 Å². The molecule has 2 N–H and O–H groups in total. The van der Waals surface area contributed by atoms with Crippen molar-refractivity contribution in [3.63, 3.8) is 0 Å². The summed E-state index contributed by atoms with van der Waals surface area (Å²) < 4.78 is 41.8. The number of ether oxygens (including phenoxy) is 1. The monoisotopic (exact) mass is 383 g/mol. The highest BCUT2D eigenvalue weighted by atomic mass is 35.5. The third kappa shape index (κ3) is 8.95. The molecule has 1 saturated heterocycles. The van der Waals surface area contributed by atoms with E-state index in [0.717, 1.165) is 13.1 Å². The zero-order chi connectivity index (χ0) is 15.9. The molecule has 23 heavy (non-hydrogen) atoms. The van der Waals surface area contributed by atoms with Crippen molar-refractivity contribution < 1.29 is 22.7 Å². The van der Waals surface area contributed by atoms with E-state index in [2.05, 4.69) is 10.6 Å².